The minimum absolute atomic E-state index is 0.0793. The van der Waals surface area contributed by atoms with Gasteiger partial charge in [-0.3, -0.25) is 0 Å². The summed E-state index contributed by atoms with van der Waals surface area (Å²) in [6.07, 6.45) is 2.35. The Bertz CT molecular complexity index is 2380. The van der Waals surface area contributed by atoms with Gasteiger partial charge in [0.05, 0.1) is 15.8 Å². The van der Waals surface area contributed by atoms with E-state index in [1.54, 1.807) is 26.0 Å². The zero-order chi connectivity index (χ0) is 48.8. The van der Waals surface area contributed by atoms with Crippen molar-refractivity contribution in [3.63, 3.8) is 0 Å². The molecular weight excluding hydrogens is 1000 g/mol. The van der Waals surface area contributed by atoms with Crippen LogP contribution in [-0.4, -0.2) is 18.9 Å². The van der Waals surface area contributed by atoms with Gasteiger partial charge in [-0.25, -0.2) is 8.42 Å². The smallest absolute Gasteiger partial charge is 0.357 e. The molecule has 0 aliphatic rings. The van der Waals surface area contributed by atoms with Crippen LogP contribution in [0.1, 0.15) is 111 Å². The molecule has 10 heteroatoms. The lowest BCUT2D eigenvalue weighted by molar-refractivity contribution is -0.597. The average Bonchev–Trinajstić information content (AvgIpc) is 3.26. The van der Waals surface area contributed by atoms with E-state index in [4.69, 9.17) is 23.2 Å². The maximum atomic E-state index is 10.4. The molecule has 65 heavy (non-hydrogen) atoms. The van der Waals surface area contributed by atoms with Crippen molar-refractivity contribution in [2.24, 2.45) is 5.92 Å². The normalized spacial score (nSPS) is 11.7. The van der Waals surface area contributed by atoms with Gasteiger partial charge in [0.1, 0.15) is 10.1 Å². The van der Waals surface area contributed by atoms with E-state index >= 15 is 0 Å². The third-order valence-electron chi connectivity index (χ3n) is 11.1. The molecule has 0 fully saturated rings. The van der Waals surface area contributed by atoms with Crippen molar-refractivity contribution in [1.82, 2.24) is 0 Å². The molecule has 0 unspecified atom stereocenters. The minimum Gasteiger partial charge on any atom is -0.744 e. The molecule has 0 aliphatic heterocycles. The first-order valence-electron chi connectivity index (χ1n) is 21.7. The average molecular weight is 1070 g/mol. The molecule has 6 aromatic carbocycles. The largest absolute Gasteiger partial charge is 0.744 e. The van der Waals surface area contributed by atoms with Crippen LogP contribution in [0, 0.1) is 20.0 Å². The maximum absolute atomic E-state index is 10.4. The van der Waals surface area contributed by atoms with Crippen molar-refractivity contribution in [2.45, 2.75) is 132 Å². The number of carbonyl (C=O) groups excluding carboxylic acids is 1. The van der Waals surface area contributed by atoms with Crippen molar-refractivity contribution < 1.29 is 44.1 Å². The van der Waals surface area contributed by atoms with E-state index in [0.29, 0.717) is 0 Å². The van der Waals surface area contributed by atoms with Crippen LogP contribution in [0.25, 0.3) is 0 Å². The van der Waals surface area contributed by atoms with Gasteiger partial charge in [0, 0.05) is 16.0 Å². The van der Waals surface area contributed by atoms with Gasteiger partial charge in [-0.2, -0.15) is 0 Å². The van der Waals surface area contributed by atoms with Crippen LogP contribution in [0.2, 0.25) is 10.0 Å². The number of carboxylic acid groups (broad SMARTS) is 1. The fraction of sp³-hybridized carbons (Fsp3) is 0.327. The Morgan fingerprint density at radius 3 is 1.15 bits per heavy atom. The van der Waals surface area contributed by atoms with E-state index in [9.17, 15) is 22.9 Å². The highest BCUT2D eigenvalue weighted by Gasteiger charge is 2.29. The molecule has 0 amide bonds. The monoisotopic (exact) mass is 1070 g/mol. The van der Waals surface area contributed by atoms with E-state index in [0.717, 1.165) is 15.6 Å². The van der Waals surface area contributed by atoms with Gasteiger partial charge in [0.25, 0.3) is 0 Å². The summed E-state index contributed by atoms with van der Waals surface area (Å²) >= 11 is 12.1. The van der Waals surface area contributed by atoms with Crippen molar-refractivity contribution >= 4 is 50.2 Å². The highest BCUT2D eigenvalue weighted by atomic mass is 127. The molecule has 6 aromatic rings. The van der Waals surface area contributed by atoms with E-state index in [-0.39, 0.29) is 59.2 Å². The van der Waals surface area contributed by atoms with Gasteiger partial charge in [0.2, 0.25) is 0 Å². The number of benzene rings is 6. The number of aliphatic carboxylic acids is 1. The van der Waals surface area contributed by atoms with Crippen LogP contribution in [-0.2, 0) is 42.1 Å². The summed E-state index contributed by atoms with van der Waals surface area (Å²) in [5.74, 6) is -1.33. The fourth-order valence-corrected chi connectivity index (χ4v) is 10.7. The predicted octanol–water partition coefficient (Wildman–Crippen LogP) is 10.9. The Morgan fingerprint density at radius 2 is 0.877 bits per heavy atom. The summed E-state index contributed by atoms with van der Waals surface area (Å²) < 4.78 is 34.2. The lowest BCUT2D eigenvalue weighted by Crippen LogP contribution is -3.61. The van der Waals surface area contributed by atoms with Crippen molar-refractivity contribution in [1.29, 1.82) is 0 Å². The molecule has 6 rings (SSSR count). The number of hydrogen-bond donors (Lipinski definition) is 0. The highest BCUT2D eigenvalue weighted by molar-refractivity contribution is 7.97. The summed E-state index contributed by atoms with van der Waals surface area (Å²) in [6, 6.07) is 49.7. The molecule has 0 heterocycles. The number of carbonyl (C=O) groups is 1. The van der Waals surface area contributed by atoms with Crippen LogP contribution in [0.15, 0.2) is 165 Å². The standard InChI is InChI=1S/C22H21Cl2S.C22H30I.C7H8O3S.C4H8O2/c1-22(2,3)16-4-10-19(11-5-16)25(20-12-6-17(23)7-13-20)21-14-8-18(24)9-15-21;1-7-21(3,4)17-9-13-19(14-10-17)23-20-15-11-18(12-16-20)22(5,6)8-2;1-6-2-4-7(5-3-6)11(8,9)10;1-3(2)4(5)6/h4-15H,1-3H3;9-16H,7-8H2,1-6H3;2-5H,1H3,(H,8,9,10);3H,1-2H3,(H,5,6)/q2*+1;;/p-2. The van der Waals surface area contributed by atoms with Gasteiger partial charge < -0.3 is 14.5 Å². The van der Waals surface area contributed by atoms with Gasteiger partial charge in [-0.05, 0) is 156 Å². The Kier molecular flexibility index (Phi) is 21.4. The van der Waals surface area contributed by atoms with Gasteiger partial charge in [-0.15, -0.1) is 0 Å². The van der Waals surface area contributed by atoms with E-state index < -0.39 is 16.1 Å². The quantitative estimate of drug-likeness (QED) is 0.0731. The first-order valence-corrected chi connectivity index (χ1v) is 27.3. The summed E-state index contributed by atoms with van der Waals surface area (Å²) in [5.41, 5.74) is 5.89. The van der Waals surface area contributed by atoms with Crippen LogP contribution in [0.4, 0.5) is 0 Å². The SMILES string of the molecule is CC(C)(C)c1ccc([S+](c2ccc(Cl)cc2)c2ccc(Cl)cc2)cc1.CC(C)C(=O)[O-].CCC(C)(C)c1ccc([I+]c2ccc(C(C)(C)CC)cc2)cc1.Cc1ccc(S(=O)(=O)[O-])cc1. The third kappa shape index (κ3) is 18.2. The first kappa shape index (κ1) is 55.7. The highest BCUT2D eigenvalue weighted by Crippen LogP contribution is 2.34. The van der Waals surface area contributed by atoms with Crippen LogP contribution >= 0.6 is 23.2 Å². The van der Waals surface area contributed by atoms with Crippen molar-refractivity contribution in [3.05, 3.63) is 185 Å². The van der Waals surface area contributed by atoms with Crippen molar-refractivity contribution in [3.8, 4) is 0 Å². The Labute approximate surface area is 413 Å². The molecule has 0 saturated heterocycles. The lowest BCUT2D eigenvalue weighted by atomic mass is 9.82. The van der Waals surface area contributed by atoms with Gasteiger partial charge >= 0.3 is 21.2 Å². The van der Waals surface area contributed by atoms with E-state index in [2.05, 4.69) is 159 Å². The molecular formula is C55H65Cl2IO5S2. The van der Waals surface area contributed by atoms with Crippen LogP contribution in [0.3, 0.4) is 0 Å². The number of hydrogen-bond acceptors (Lipinski definition) is 5. The summed E-state index contributed by atoms with van der Waals surface area (Å²) in [4.78, 5) is 13.2. The number of halogens is 3. The molecule has 0 spiro atoms. The summed E-state index contributed by atoms with van der Waals surface area (Å²) in [5, 5.41) is 11.1. The molecule has 0 bridgehead atoms. The topological polar surface area (TPSA) is 97.3 Å². The molecule has 0 aromatic heterocycles. The van der Waals surface area contributed by atoms with Crippen molar-refractivity contribution in [2.75, 3.05) is 0 Å². The first-order chi connectivity index (χ1) is 30.3. The summed E-state index contributed by atoms with van der Waals surface area (Å²) in [6.45, 7) is 25.5. The Balaban J connectivity index is 0.000000257. The van der Waals surface area contributed by atoms with Crippen LogP contribution < -0.4 is 26.3 Å². The predicted molar refractivity (Wildman–Crippen MR) is 266 cm³/mol. The molecule has 0 atom stereocenters. The fourth-order valence-electron chi connectivity index (χ4n) is 5.81. The molecule has 0 aliphatic carbocycles. The second-order valence-electron chi connectivity index (χ2n) is 18.3. The van der Waals surface area contributed by atoms with Gasteiger partial charge in [-0.1, -0.05) is 153 Å². The van der Waals surface area contributed by atoms with Gasteiger partial charge in [0.15, 0.2) is 21.8 Å². The molecule has 0 saturated carbocycles. The Morgan fingerprint density at radius 1 is 0.569 bits per heavy atom. The lowest BCUT2D eigenvalue weighted by Gasteiger charge is -2.23. The zero-order valence-corrected chi connectivity index (χ0v) is 45.1. The number of carboxylic acids is 1. The second-order valence-corrected chi connectivity index (χ2v) is 25.6. The number of aryl methyl sites for hydroxylation is 1. The minimum atomic E-state index is -4.27. The second kappa shape index (κ2) is 24.9. The molecule has 5 nitrogen and oxygen atoms in total. The number of rotatable bonds is 11. The third-order valence-corrected chi connectivity index (χ3v) is 17.3. The molecule has 0 N–H and O–H groups in total. The molecule has 348 valence electrons. The Hall–Kier alpha value is -3.64. The van der Waals surface area contributed by atoms with E-state index in [1.165, 1.54) is 63.5 Å². The van der Waals surface area contributed by atoms with Crippen LogP contribution in [0.5, 0.6) is 0 Å². The van der Waals surface area contributed by atoms with E-state index in [1.807, 2.05) is 31.2 Å². The molecule has 0 radical (unpaired) electrons. The zero-order valence-electron chi connectivity index (χ0n) is 39.8. The summed E-state index contributed by atoms with van der Waals surface area (Å²) in [7, 11) is -4.45. The maximum Gasteiger partial charge on any atom is 0.357 e.